The summed E-state index contributed by atoms with van der Waals surface area (Å²) in [6.07, 6.45) is 1.30. The molecule has 0 atom stereocenters. The summed E-state index contributed by atoms with van der Waals surface area (Å²) in [7, 11) is 0. The van der Waals surface area contributed by atoms with Crippen molar-refractivity contribution in [1.29, 1.82) is 0 Å². The van der Waals surface area contributed by atoms with Crippen LogP contribution in [0.3, 0.4) is 0 Å². The van der Waals surface area contributed by atoms with Gasteiger partial charge in [-0.1, -0.05) is 15.9 Å². The number of carboxylic acids is 1. The molecular formula is C12H7Br2NO3. The van der Waals surface area contributed by atoms with Crippen molar-refractivity contribution < 1.29 is 9.90 Å². The van der Waals surface area contributed by atoms with Crippen LogP contribution in [-0.2, 0) is 0 Å². The Hall–Kier alpha value is -1.40. The van der Waals surface area contributed by atoms with Crippen LogP contribution in [0.15, 0.2) is 50.3 Å². The van der Waals surface area contributed by atoms with E-state index in [0.29, 0.717) is 10.2 Å². The first-order valence-electron chi connectivity index (χ1n) is 4.90. The number of benzene rings is 1. The van der Waals surface area contributed by atoms with Crippen LogP contribution in [0.25, 0.3) is 5.69 Å². The summed E-state index contributed by atoms with van der Waals surface area (Å²) < 4.78 is 2.79. The van der Waals surface area contributed by atoms with Crippen LogP contribution in [-0.4, -0.2) is 15.6 Å². The highest BCUT2D eigenvalue weighted by atomic mass is 79.9. The molecule has 4 nitrogen and oxygen atoms in total. The molecule has 18 heavy (non-hydrogen) atoms. The molecule has 0 spiro atoms. The van der Waals surface area contributed by atoms with E-state index in [1.165, 1.54) is 22.9 Å². The molecule has 0 amide bonds. The minimum Gasteiger partial charge on any atom is -0.478 e. The van der Waals surface area contributed by atoms with Crippen molar-refractivity contribution in [3.8, 4) is 5.69 Å². The van der Waals surface area contributed by atoms with E-state index in [1.807, 2.05) is 6.07 Å². The van der Waals surface area contributed by atoms with Crippen LogP contribution in [0.4, 0.5) is 0 Å². The smallest absolute Gasteiger partial charge is 0.337 e. The van der Waals surface area contributed by atoms with Crippen LogP contribution >= 0.6 is 31.9 Å². The van der Waals surface area contributed by atoms with Crippen molar-refractivity contribution in [3.05, 3.63) is 61.4 Å². The Kier molecular flexibility index (Phi) is 3.68. The van der Waals surface area contributed by atoms with E-state index >= 15 is 0 Å². The number of hydrogen-bond acceptors (Lipinski definition) is 2. The van der Waals surface area contributed by atoms with Gasteiger partial charge < -0.3 is 5.11 Å². The van der Waals surface area contributed by atoms with Gasteiger partial charge in [0.2, 0.25) is 0 Å². The molecule has 0 aliphatic rings. The SMILES string of the molecule is O=C(O)c1ccc(=O)n(-c2cc(Br)ccc2Br)c1. The lowest BCUT2D eigenvalue weighted by atomic mass is 10.2. The minimum atomic E-state index is -1.07. The van der Waals surface area contributed by atoms with Crippen LogP contribution < -0.4 is 5.56 Å². The van der Waals surface area contributed by atoms with Crippen LogP contribution in [0.1, 0.15) is 10.4 Å². The normalized spacial score (nSPS) is 10.3. The fourth-order valence-electron chi connectivity index (χ4n) is 1.47. The zero-order valence-corrected chi connectivity index (χ0v) is 12.1. The van der Waals surface area contributed by atoms with Gasteiger partial charge >= 0.3 is 5.97 Å². The third kappa shape index (κ3) is 2.54. The molecule has 0 aliphatic carbocycles. The van der Waals surface area contributed by atoms with Crippen molar-refractivity contribution in [2.24, 2.45) is 0 Å². The molecule has 1 aromatic heterocycles. The molecule has 2 rings (SSSR count). The van der Waals surface area contributed by atoms with Crippen molar-refractivity contribution >= 4 is 37.8 Å². The minimum absolute atomic E-state index is 0.0569. The first-order valence-corrected chi connectivity index (χ1v) is 6.49. The quantitative estimate of drug-likeness (QED) is 0.881. The summed E-state index contributed by atoms with van der Waals surface area (Å²) in [6, 6.07) is 7.85. The molecule has 0 saturated carbocycles. The first kappa shape index (κ1) is 13.0. The summed E-state index contributed by atoms with van der Waals surface area (Å²) >= 11 is 6.65. The second-order valence-corrected chi connectivity index (χ2v) is 5.30. The number of carboxylic acid groups (broad SMARTS) is 1. The molecule has 2 aromatic rings. The molecule has 92 valence electrons. The zero-order valence-electron chi connectivity index (χ0n) is 8.93. The maximum Gasteiger partial charge on any atom is 0.337 e. The molecule has 1 aromatic carbocycles. The molecule has 0 saturated heterocycles. The standard InChI is InChI=1S/C12H7Br2NO3/c13-8-2-3-9(14)10(5-8)15-6-7(12(17)18)1-4-11(15)16/h1-6H,(H,17,18). The van der Waals surface area contributed by atoms with E-state index in [-0.39, 0.29) is 11.1 Å². The molecular weight excluding hydrogens is 366 g/mol. The zero-order chi connectivity index (χ0) is 13.3. The maximum absolute atomic E-state index is 11.8. The number of hydrogen-bond donors (Lipinski definition) is 1. The lowest BCUT2D eigenvalue weighted by Crippen LogP contribution is -2.18. The van der Waals surface area contributed by atoms with Gasteiger partial charge in [-0.05, 0) is 40.2 Å². The Labute approximate surface area is 119 Å². The number of nitrogens with zero attached hydrogens (tertiary/aromatic N) is 1. The van der Waals surface area contributed by atoms with Gasteiger partial charge in [0, 0.05) is 21.2 Å². The molecule has 0 bridgehead atoms. The van der Waals surface area contributed by atoms with E-state index in [1.54, 1.807) is 12.1 Å². The number of halogens is 2. The van der Waals surface area contributed by atoms with Crippen LogP contribution in [0.2, 0.25) is 0 Å². The van der Waals surface area contributed by atoms with Crippen molar-refractivity contribution in [2.45, 2.75) is 0 Å². The van der Waals surface area contributed by atoms with Gasteiger partial charge in [-0.25, -0.2) is 4.79 Å². The van der Waals surface area contributed by atoms with E-state index in [2.05, 4.69) is 31.9 Å². The van der Waals surface area contributed by atoms with Gasteiger partial charge in [-0.2, -0.15) is 0 Å². The molecule has 6 heteroatoms. The van der Waals surface area contributed by atoms with E-state index in [4.69, 9.17) is 5.11 Å². The second-order valence-electron chi connectivity index (χ2n) is 3.53. The predicted molar refractivity (Wildman–Crippen MR) is 74.4 cm³/mol. The van der Waals surface area contributed by atoms with Gasteiger partial charge in [-0.3, -0.25) is 9.36 Å². The number of pyridine rings is 1. The monoisotopic (exact) mass is 371 g/mol. The first-order chi connectivity index (χ1) is 8.49. The van der Waals surface area contributed by atoms with E-state index in [0.717, 1.165) is 4.47 Å². The highest BCUT2D eigenvalue weighted by Gasteiger charge is 2.09. The molecule has 0 fully saturated rings. The highest BCUT2D eigenvalue weighted by Crippen LogP contribution is 2.24. The Morgan fingerprint density at radius 1 is 1.17 bits per heavy atom. The Morgan fingerprint density at radius 2 is 1.89 bits per heavy atom. The maximum atomic E-state index is 11.8. The fraction of sp³-hybridized carbons (Fsp3) is 0. The third-order valence-corrected chi connectivity index (χ3v) is 3.49. The molecule has 1 heterocycles. The Morgan fingerprint density at radius 3 is 2.56 bits per heavy atom. The van der Waals surface area contributed by atoms with Gasteiger partial charge in [0.25, 0.3) is 5.56 Å². The fourth-order valence-corrected chi connectivity index (χ4v) is 2.26. The summed E-state index contributed by atoms with van der Waals surface area (Å²) in [4.78, 5) is 22.7. The average molecular weight is 373 g/mol. The van der Waals surface area contributed by atoms with Gasteiger partial charge in [0.05, 0.1) is 11.3 Å². The second kappa shape index (κ2) is 5.07. The number of aromatic carboxylic acids is 1. The summed E-state index contributed by atoms with van der Waals surface area (Å²) in [5, 5.41) is 8.93. The third-order valence-electron chi connectivity index (χ3n) is 2.33. The molecule has 1 N–H and O–H groups in total. The molecule has 0 unspecified atom stereocenters. The van der Waals surface area contributed by atoms with E-state index < -0.39 is 5.97 Å². The lowest BCUT2D eigenvalue weighted by Gasteiger charge is -2.09. The van der Waals surface area contributed by atoms with Gasteiger partial charge in [0.1, 0.15) is 0 Å². The number of aromatic nitrogens is 1. The van der Waals surface area contributed by atoms with Gasteiger partial charge in [-0.15, -0.1) is 0 Å². The van der Waals surface area contributed by atoms with Crippen LogP contribution in [0.5, 0.6) is 0 Å². The summed E-state index contributed by atoms with van der Waals surface area (Å²) in [5.74, 6) is -1.07. The van der Waals surface area contributed by atoms with Crippen molar-refractivity contribution in [3.63, 3.8) is 0 Å². The predicted octanol–water partition coefficient (Wildman–Crippen LogP) is 3.06. The molecule has 0 radical (unpaired) electrons. The average Bonchev–Trinajstić information content (AvgIpc) is 2.33. The molecule has 0 aliphatic heterocycles. The summed E-state index contributed by atoms with van der Waals surface area (Å²) in [5.41, 5.74) is 0.345. The number of carbonyl (C=O) groups is 1. The lowest BCUT2D eigenvalue weighted by molar-refractivity contribution is 0.0696. The van der Waals surface area contributed by atoms with Crippen molar-refractivity contribution in [2.75, 3.05) is 0 Å². The highest BCUT2D eigenvalue weighted by molar-refractivity contribution is 9.11. The Balaban J connectivity index is 2.70. The number of rotatable bonds is 2. The largest absolute Gasteiger partial charge is 0.478 e. The van der Waals surface area contributed by atoms with Gasteiger partial charge in [0.15, 0.2) is 0 Å². The van der Waals surface area contributed by atoms with E-state index in [9.17, 15) is 9.59 Å². The Bertz CT molecular complexity index is 679. The topological polar surface area (TPSA) is 59.3 Å². The van der Waals surface area contributed by atoms with Crippen LogP contribution in [0, 0.1) is 0 Å². The summed E-state index contributed by atoms with van der Waals surface area (Å²) in [6.45, 7) is 0. The van der Waals surface area contributed by atoms with Crippen molar-refractivity contribution in [1.82, 2.24) is 4.57 Å².